The van der Waals surface area contributed by atoms with Crippen molar-refractivity contribution >= 4 is 11.7 Å². The van der Waals surface area contributed by atoms with Gasteiger partial charge in [0.15, 0.2) is 0 Å². The minimum atomic E-state index is 0.0806. The van der Waals surface area contributed by atoms with Crippen LogP contribution >= 0.6 is 0 Å². The van der Waals surface area contributed by atoms with Gasteiger partial charge in [0.05, 0.1) is 7.11 Å². The third-order valence-corrected chi connectivity index (χ3v) is 3.80. The van der Waals surface area contributed by atoms with Crippen LogP contribution in [0.1, 0.15) is 19.8 Å². The van der Waals surface area contributed by atoms with Crippen LogP contribution in [-0.4, -0.2) is 38.2 Å². The summed E-state index contributed by atoms with van der Waals surface area (Å²) in [5.41, 5.74) is 0.893. The monoisotopic (exact) mass is 262 g/mol. The number of carbonyl (C=O) groups excluding carboxylic acids is 1. The fourth-order valence-electron chi connectivity index (χ4n) is 2.33. The second kappa shape index (κ2) is 5.95. The number of piperidine rings is 1. The van der Waals surface area contributed by atoms with E-state index >= 15 is 0 Å². The standard InChI is InChI=1S/C15H22N2O2/c1-12-8-10-17(11-9-12)15(18)16(2)13-4-6-14(19-3)7-5-13/h4-7,12H,8-11H2,1-3H3. The number of urea groups is 1. The first kappa shape index (κ1) is 13.7. The highest BCUT2D eigenvalue weighted by molar-refractivity contribution is 5.91. The van der Waals surface area contributed by atoms with Crippen LogP contribution in [0.4, 0.5) is 10.5 Å². The first-order valence-electron chi connectivity index (χ1n) is 6.78. The minimum absolute atomic E-state index is 0.0806. The summed E-state index contributed by atoms with van der Waals surface area (Å²) in [6.07, 6.45) is 2.20. The number of rotatable bonds is 2. The van der Waals surface area contributed by atoms with Crippen LogP contribution in [0.25, 0.3) is 0 Å². The molecule has 1 saturated heterocycles. The molecule has 0 spiro atoms. The van der Waals surface area contributed by atoms with E-state index in [2.05, 4.69) is 6.92 Å². The molecule has 0 atom stereocenters. The molecule has 0 bridgehead atoms. The van der Waals surface area contributed by atoms with Crippen molar-refractivity contribution in [1.29, 1.82) is 0 Å². The van der Waals surface area contributed by atoms with Crippen LogP contribution < -0.4 is 9.64 Å². The summed E-state index contributed by atoms with van der Waals surface area (Å²) in [5.74, 6) is 1.53. The van der Waals surface area contributed by atoms with Crippen LogP contribution in [0.5, 0.6) is 5.75 Å². The third kappa shape index (κ3) is 3.19. The van der Waals surface area contributed by atoms with Gasteiger partial charge in [0.25, 0.3) is 0 Å². The van der Waals surface area contributed by atoms with E-state index in [0.717, 1.165) is 43.3 Å². The predicted octanol–water partition coefficient (Wildman–Crippen LogP) is 2.98. The number of likely N-dealkylation sites (tertiary alicyclic amines) is 1. The largest absolute Gasteiger partial charge is 0.497 e. The maximum Gasteiger partial charge on any atom is 0.324 e. The van der Waals surface area contributed by atoms with Gasteiger partial charge in [-0.25, -0.2) is 4.79 Å². The lowest BCUT2D eigenvalue weighted by Crippen LogP contribution is -2.45. The molecule has 104 valence electrons. The summed E-state index contributed by atoms with van der Waals surface area (Å²) in [6.45, 7) is 3.97. The molecule has 0 radical (unpaired) electrons. The lowest BCUT2D eigenvalue weighted by molar-refractivity contribution is 0.181. The lowest BCUT2D eigenvalue weighted by atomic mass is 9.99. The van der Waals surface area contributed by atoms with E-state index < -0.39 is 0 Å². The number of benzene rings is 1. The van der Waals surface area contributed by atoms with Gasteiger partial charge in [0, 0.05) is 25.8 Å². The third-order valence-electron chi connectivity index (χ3n) is 3.80. The summed E-state index contributed by atoms with van der Waals surface area (Å²) in [7, 11) is 3.46. The Balaban J connectivity index is 2.01. The van der Waals surface area contributed by atoms with E-state index in [9.17, 15) is 4.79 Å². The SMILES string of the molecule is COc1ccc(N(C)C(=O)N2CCC(C)CC2)cc1. The number of hydrogen-bond donors (Lipinski definition) is 0. The zero-order chi connectivity index (χ0) is 13.8. The van der Waals surface area contributed by atoms with Crippen molar-refractivity contribution in [2.24, 2.45) is 5.92 Å². The van der Waals surface area contributed by atoms with Crippen molar-refractivity contribution in [1.82, 2.24) is 4.90 Å². The smallest absolute Gasteiger partial charge is 0.324 e. The highest BCUT2D eigenvalue weighted by atomic mass is 16.5. The van der Waals surface area contributed by atoms with Gasteiger partial charge in [0.2, 0.25) is 0 Å². The molecule has 0 saturated carbocycles. The highest BCUT2D eigenvalue weighted by Crippen LogP contribution is 2.21. The number of methoxy groups -OCH3 is 1. The van der Waals surface area contributed by atoms with E-state index in [1.165, 1.54) is 0 Å². The Labute approximate surface area is 115 Å². The number of amides is 2. The van der Waals surface area contributed by atoms with E-state index in [4.69, 9.17) is 4.74 Å². The number of nitrogens with zero attached hydrogens (tertiary/aromatic N) is 2. The Bertz CT molecular complexity index is 422. The molecule has 1 aliphatic rings. The number of ether oxygens (including phenoxy) is 1. The average molecular weight is 262 g/mol. The van der Waals surface area contributed by atoms with Gasteiger partial charge in [-0.15, -0.1) is 0 Å². The Hall–Kier alpha value is -1.71. The molecular formula is C15H22N2O2. The number of carbonyl (C=O) groups is 1. The molecule has 4 nitrogen and oxygen atoms in total. The Morgan fingerprint density at radius 3 is 2.37 bits per heavy atom. The molecule has 0 aromatic heterocycles. The van der Waals surface area contributed by atoms with Crippen molar-refractivity contribution in [3.63, 3.8) is 0 Å². The molecule has 1 fully saturated rings. The fraction of sp³-hybridized carbons (Fsp3) is 0.533. The van der Waals surface area contributed by atoms with Crippen molar-refractivity contribution in [2.75, 3.05) is 32.1 Å². The molecule has 4 heteroatoms. The second-order valence-corrected chi connectivity index (χ2v) is 5.21. The van der Waals surface area contributed by atoms with Gasteiger partial charge in [-0.2, -0.15) is 0 Å². The van der Waals surface area contributed by atoms with Crippen molar-refractivity contribution in [3.8, 4) is 5.75 Å². The quantitative estimate of drug-likeness (QED) is 0.821. The highest BCUT2D eigenvalue weighted by Gasteiger charge is 2.23. The molecular weight excluding hydrogens is 240 g/mol. The van der Waals surface area contributed by atoms with Crippen LogP contribution in [-0.2, 0) is 0 Å². The molecule has 1 aliphatic heterocycles. The molecule has 1 heterocycles. The van der Waals surface area contributed by atoms with Gasteiger partial charge in [0.1, 0.15) is 5.75 Å². The first-order valence-corrected chi connectivity index (χ1v) is 6.78. The van der Waals surface area contributed by atoms with Crippen LogP contribution in [0.3, 0.4) is 0 Å². The fourth-order valence-corrected chi connectivity index (χ4v) is 2.33. The van der Waals surface area contributed by atoms with E-state index in [1.807, 2.05) is 36.2 Å². The Kier molecular flexibility index (Phi) is 4.30. The molecule has 0 unspecified atom stereocenters. The zero-order valence-corrected chi connectivity index (χ0v) is 11.9. The maximum atomic E-state index is 12.4. The van der Waals surface area contributed by atoms with E-state index in [-0.39, 0.29) is 6.03 Å². The Morgan fingerprint density at radius 2 is 1.84 bits per heavy atom. The van der Waals surface area contributed by atoms with Gasteiger partial charge < -0.3 is 9.64 Å². The van der Waals surface area contributed by atoms with Gasteiger partial charge in [-0.1, -0.05) is 6.92 Å². The van der Waals surface area contributed by atoms with Gasteiger partial charge >= 0.3 is 6.03 Å². The summed E-state index contributed by atoms with van der Waals surface area (Å²) in [5, 5.41) is 0. The summed E-state index contributed by atoms with van der Waals surface area (Å²) in [4.78, 5) is 16.0. The van der Waals surface area contributed by atoms with Crippen molar-refractivity contribution < 1.29 is 9.53 Å². The molecule has 1 aromatic rings. The van der Waals surface area contributed by atoms with Crippen LogP contribution in [0, 0.1) is 5.92 Å². The normalized spacial score (nSPS) is 16.3. The van der Waals surface area contributed by atoms with Crippen molar-refractivity contribution in [3.05, 3.63) is 24.3 Å². The van der Waals surface area contributed by atoms with Crippen molar-refractivity contribution in [2.45, 2.75) is 19.8 Å². The minimum Gasteiger partial charge on any atom is -0.497 e. The van der Waals surface area contributed by atoms with Crippen LogP contribution in [0.15, 0.2) is 24.3 Å². The first-order chi connectivity index (χ1) is 9.11. The molecule has 2 rings (SSSR count). The average Bonchev–Trinajstić information content (AvgIpc) is 2.46. The number of anilines is 1. The molecule has 2 amide bonds. The number of hydrogen-bond acceptors (Lipinski definition) is 2. The van der Waals surface area contributed by atoms with Gasteiger partial charge in [-0.05, 0) is 43.0 Å². The molecule has 0 aliphatic carbocycles. The van der Waals surface area contributed by atoms with E-state index in [1.54, 1.807) is 12.0 Å². The molecule has 1 aromatic carbocycles. The topological polar surface area (TPSA) is 32.8 Å². The predicted molar refractivity (Wildman–Crippen MR) is 76.8 cm³/mol. The summed E-state index contributed by atoms with van der Waals surface area (Å²) < 4.78 is 5.12. The zero-order valence-electron chi connectivity index (χ0n) is 11.9. The summed E-state index contributed by atoms with van der Waals surface area (Å²) >= 11 is 0. The van der Waals surface area contributed by atoms with Crippen LogP contribution in [0.2, 0.25) is 0 Å². The summed E-state index contributed by atoms with van der Waals surface area (Å²) in [6, 6.07) is 7.64. The lowest BCUT2D eigenvalue weighted by Gasteiger charge is -2.33. The Morgan fingerprint density at radius 1 is 1.26 bits per heavy atom. The molecule has 0 N–H and O–H groups in total. The van der Waals surface area contributed by atoms with Gasteiger partial charge in [-0.3, -0.25) is 4.90 Å². The maximum absolute atomic E-state index is 12.4. The molecule has 19 heavy (non-hydrogen) atoms. The van der Waals surface area contributed by atoms with E-state index in [0.29, 0.717) is 0 Å². The second-order valence-electron chi connectivity index (χ2n) is 5.21.